The van der Waals surface area contributed by atoms with Gasteiger partial charge in [-0.1, -0.05) is 12.5 Å². The van der Waals surface area contributed by atoms with Crippen molar-refractivity contribution in [1.82, 2.24) is 10.2 Å². The molecule has 0 spiro atoms. The SMILES string of the molecule is CNC(CN1CCCCC1C)c1ccc2c(c1)OCO2. The first-order valence-electron chi connectivity index (χ1n) is 7.59. The highest BCUT2D eigenvalue weighted by atomic mass is 16.7. The zero-order valence-electron chi connectivity index (χ0n) is 12.4. The highest BCUT2D eigenvalue weighted by Gasteiger charge is 2.23. The van der Waals surface area contributed by atoms with Crippen LogP contribution in [0.1, 0.15) is 37.8 Å². The van der Waals surface area contributed by atoms with Crippen molar-refractivity contribution in [2.75, 3.05) is 26.9 Å². The standard InChI is InChI=1S/C16H24N2O2/c1-12-5-3-4-8-18(12)10-14(17-2)13-6-7-15-16(9-13)20-11-19-15/h6-7,9,12,14,17H,3-5,8,10-11H2,1-2H3. The molecule has 0 radical (unpaired) electrons. The second kappa shape index (κ2) is 6.02. The van der Waals surface area contributed by atoms with Crippen LogP contribution in [-0.4, -0.2) is 37.9 Å². The Bertz CT molecular complexity index is 464. The molecule has 0 bridgehead atoms. The van der Waals surface area contributed by atoms with Gasteiger partial charge in [-0.3, -0.25) is 4.90 Å². The lowest BCUT2D eigenvalue weighted by atomic mass is 10.0. The van der Waals surface area contributed by atoms with Gasteiger partial charge in [-0.25, -0.2) is 0 Å². The van der Waals surface area contributed by atoms with Gasteiger partial charge in [-0.2, -0.15) is 0 Å². The molecular weight excluding hydrogens is 252 g/mol. The molecule has 2 heterocycles. The Morgan fingerprint density at radius 1 is 1.30 bits per heavy atom. The second-order valence-corrected chi connectivity index (χ2v) is 5.79. The van der Waals surface area contributed by atoms with Gasteiger partial charge in [-0.15, -0.1) is 0 Å². The number of hydrogen-bond donors (Lipinski definition) is 1. The molecular formula is C16H24N2O2. The average molecular weight is 276 g/mol. The zero-order valence-corrected chi connectivity index (χ0v) is 12.4. The maximum absolute atomic E-state index is 5.48. The molecule has 0 aromatic heterocycles. The highest BCUT2D eigenvalue weighted by Crippen LogP contribution is 2.34. The minimum absolute atomic E-state index is 0.338. The zero-order chi connectivity index (χ0) is 13.9. The van der Waals surface area contributed by atoms with E-state index >= 15 is 0 Å². The lowest BCUT2D eigenvalue weighted by molar-refractivity contribution is 0.146. The van der Waals surface area contributed by atoms with Crippen molar-refractivity contribution in [3.8, 4) is 11.5 Å². The highest BCUT2D eigenvalue weighted by molar-refractivity contribution is 5.45. The van der Waals surface area contributed by atoms with Crippen LogP contribution in [0.3, 0.4) is 0 Å². The first-order valence-corrected chi connectivity index (χ1v) is 7.59. The van der Waals surface area contributed by atoms with E-state index in [-0.39, 0.29) is 0 Å². The number of fused-ring (bicyclic) bond motifs is 1. The molecule has 1 fully saturated rings. The summed E-state index contributed by atoms with van der Waals surface area (Å²) in [4.78, 5) is 2.59. The van der Waals surface area contributed by atoms with Crippen LogP contribution >= 0.6 is 0 Å². The predicted molar refractivity (Wildman–Crippen MR) is 79.3 cm³/mol. The summed E-state index contributed by atoms with van der Waals surface area (Å²) >= 11 is 0. The molecule has 110 valence electrons. The van der Waals surface area contributed by atoms with Gasteiger partial charge in [0, 0.05) is 18.6 Å². The molecule has 2 atom stereocenters. The summed E-state index contributed by atoms with van der Waals surface area (Å²) in [6.45, 7) is 4.94. The van der Waals surface area contributed by atoms with E-state index in [1.165, 1.54) is 31.4 Å². The summed E-state index contributed by atoms with van der Waals surface area (Å²) in [7, 11) is 2.03. The maximum Gasteiger partial charge on any atom is 0.231 e. The van der Waals surface area contributed by atoms with Crippen molar-refractivity contribution in [3.05, 3.63) is 23.8 Å². The van der Waals surface area contributed by atoms with Crippen LogP contribution in [0, 0.1) is 0 Å². The monoisotopic (exact) mass is 276 g/mol. The van der Waals surface area contributed by atoms with E-state index in [0.29, 0.717) is 18.9 Å². The van der Waals surface area contributed by atoms with E-state index in [1.54, 1.807) is 0 Å². The number of hydrogen-bond acceptors (Lipinski definition) is 4. The lowest BCUT2D eigenvalue weighted by Gasteiger charge is -2.36. The van der Waals surface area contributed by atoms with Gasteiger partial charge in [-0.05, 0) is 51.1 Å². The molecule has 3 rings (SSSR count). The van der Waals surface area contributed by atoms with Crippen molar-refractivity contribution in [2.24, 2.45) is 0 Å². The number of piperidine rings is 1. The van der Waals surface area contributed by atoms with Gasteiger partial charge in [0.1, 0.15) is 0 Å². The first-order chi connectivity index (χ1) is 9.78. The fourth-order valence-corrected chi connectivity index (χ4v) is 3.16. The molecule has 1 saturated heterocycles. The molecule has 20 heavy (non-hydrogen) atoms. The van der Waals surface area contributed by atoms with Crippen molar-refractivity contribution < 1.29 is 9.47 Å². The van der Waals surface area contributed by atoms with Crippen LogP contribution in [0.5, 0.6) is 11.5 Å². The third-order valence-corrected chi connectivity index (χ3v) is 4.51. The van der Waals surface area contributed by atoms with Gasteiger partial charge in [0.2, 0.25) is 6.79 Å². The van der Waals surface area contributed by atoms with Crippen molar-refractivity contribution in [1.29, 1.82) is 0 Å². The summed E-state index contributed by atoms with van der Waals surface area (Å²) in [5.74, 6) is 1.73. The largest absolute Gasteiger partial charge is 0.454 e. The second-order valence-electron chi connectivity index (χ2n) is 5.79. The topological polar surface area (TPSA) is 33.7 Å². The Kier molecular flexibility index (Phi) is 4.13. The number of nitrogens with zero attached hydrogens (tertiary/aromatic N) is 1. The number of ether oxygens (including phenoxy) is 2. The quantitative estimate of drug-likeness (QED) is 0.916. The smallest absolute Gasteiger partial charge is 0.231 e. The maximum atomic E-state index is 5.48. The van der Waals surface area contributed by atoms with Gasteiger partial charge in [0.25, 0.3) is 0 Å². The number of nitrogens with one attached hydrogen (secondary N) is 1. The van der Waals surface area contributed by atoms with Crippen LogP contribution in [0.2, 0.25) is 0 Å². The third kappa shape index (κ3) is 2.76. The molecule has 1 aromatic carbocycles. The molecule has 4 nitrogen and oxygen atoms in total. The minimum atomic E-state index is 0.338. The van der Waals surface area contributed by atoms with Gasteiger partial charge < -0.3 is 14.8 Å². The number of rotatable bonds is 4. The molecule has 4 heteroatoms. The molecule has 2 unspecified atom stereocenters. The summed E-state index contributed by atoms with van der Waals surface area (Å²) < 4.78 is 10.9. The predicted octanol–water partition coefficient (Wildman–Crippen LogP) is 2.55. The molecule has 1 N–H and O–H groups in total. The van der Waals surface area contributed by atoms with E-state index in [9.17, 15) is 0 Å². The van der Waals surface area contributed by atoms with Crippen molar-refractivity contribution in [2.45, 2.75) is 38.3 Å². The molecule has 1 aromatic rings. The van der Waals surface area contributed by atoms with Crippen molar-refractivity contribution in [3.63, 3.8) is 0 Å². The third-order valence-electron chi connectivity index (χ3n) is 4.51. The van der Waals surface area contributed by atoms with Crippen LogP contribution in [0.25, 0.3) is 0 Å². The Hall–Kier alpha value is -1.26. The van der Waals surface area contributed by atoms with Crippen LogP contribution in [-0.2, 0) is 0 Å². The number of likely N-dealkylation sites (N-methyl/N-ethyl adjacent to an activating group) is 1. The van der Waals surface area contributed by atoms with Crippen molar-refractivity contribution >= 4 is 0 Å². The van der Waals surface area contributed by atoms with Crippen LogP contribution < -0.4 is 14.8 Å². The fourth-order valence-electron chi connectivity index (χ4n) is 3.16. The van der Waals surface area contributed by atoms with Gasteiger partial charge in [0.15, 0.2) is 11.5 Å². The van der Waals surface area contributed by atoms with E-state index in [2.05, 4.69) is 29.3 Å². The van der Waals surface area contributed by atoms with E-state index < -0.39 is 0 Å². The Morgan fingerprint density at radius 3 is 2.95 bits per heavy atom. The Balaban J connectivity index is 1.72. The van der Waals surface area contributed by atoms with Gasteiger partial charge >= 0.3 is 0 Å². The summed E-state index contributed by atoms with van der Waals surface area (Å²) in [5.41, 5.74) is 1.27. The number of benzene rings is 1. The summed E-state index contributed by atoms with van der Waals surface area (Å²) in [6.07, 6.45) is 4.01. The van der Waals surface area contributed by atoms with E-state index in [1.807, 2.05) is 13.1 Å². The number of likely N-dealkylation sites (tertiary alicyclic amines) is 1. The fraction of sp³-hybridized carbons (Fsp3) is 0.625. The van der Waals surface area contributed by atoms with Crippen LogP contribution in [0.4, 0.5) is 0 Å². The normalized spacial score (nSPS) is 23.8. The lowest BCUT2D eigenvalue weighted by Crippen LogP contribution is -2.42. The Labute approximate surface area is 121 Å². The molecule has 0 aliphatic carbocycles. The summed E-state index contributed by atoms with van der Waals surface area (Å²) in [6, 6.07) is 7.29. The molecule has 2 aliphatic rings. The minimum Gasteiger partial charge on any atom is -0.454 e. The van der Waals surface area contributed by atoms with E-state index in [4.69, 9.17) is 9.47 Å². The van der Waals surface area contributed by atoms with Crippen LogP contribution in [0.15, 0.2) is 18.2 Å². The summed E-state index contributed by atoms with van der Waals surface area (Å²) in [5, 5.41) is 3.44. The molecule has 2 aliphatic heterocycles. The molecule has 0 saturated carbocycles. The Morgan fingerprint density at radius 2 is 2.15 bits per heavy atom. The average Bonchev–Trinajstić information content (AvgIpc) is 2.94. The first kappa shape index (κ1) is 13.7. The molecule has 0 amide bonds. The van der Waals surface area contributed by atoms with Gasteiger partial charge in [0.05, 0.1) is 0 Å². The van der Waals surface area contributed by atoms with E-state index in [0.717, 1.165) is 18.0 Å².